The number of carbonyl (C=O) groups excluding carboxylic acids is 2. The standard InChI is InChI=1S/C41H55F3N2O4/c1-4-6-8-10-12-14-16-18-20-32-29-45-38(46-30-32)33-22-24-34(25-23-33)39(47)49-35-26-27-36(31(3)28-35)40(48)50-37(41(42,43)44)21-19-17-15-13-11-9-7-5-2/h22-30,37H,4-21H2,1-3H3/t37-/m0/s1. The van der Waals surface area contributed by atoms with Gasteiger partial charge in [0, 0.05) is 18.0 Å². The van der Waals surface area contributed by atoms with E-state index in [1.54, 1.807) is 31.2 Å². The van der Waals surface area contributed by atoms with Crippen LogP contribution in [-0.4, -0.2) is 34.2 Å². The first kappa shape index (κ1) is 40.7. The number of unbranched alkanes of at least 4 members (excludes halogenated alkanes) is 14. The molecule has 3 rings (SSSR count). The van der Waals surface area contributed by atoms with Crippen molar-refractivity contribution >= 4 is 11.9 Å². The van der Waals surface area contributed by atoms with Gasteiger partial charge in [-0.3, -0.25) is 0 Å². The molecule has 1 aromatic heterocycles. The van der Waals surface area contributed by atoms with Crippen LogP contribution in [0.15, 0.2) is 54.9 Å². The predicted molar refractivity (Wildman–Crippen MR) is 192 cm³/mol. The maximum absolute atomic E-state index is 13.7. The number of ether oxygens (including phenoxy) is 2. The second-order valence-corrected chi connectivity index (χ2v) is 13.3. The fourth-order valence-corrected chi connectivity index (χ4v) is 5.89. The average molecular weight is 697 g/mol. The third-order valence-electron chi connectivity index (χ3n) is 8.97. The van der Waals surface area contributed by atoms with Crippen LogP contribution >= 0.6 is 0 Å². The maximum atomic E-state index is 13.7. The normalized spacial score (nSPS) is 12.1. The van der Waals surface area contributed by atoms with Crippen molar-refractivity contribution in [3.05, 3.63) is 77.1 Å². The lowest BCUT2D eigenvalue weighted by Crippen LogP contribution is -2.34. The van der Waals surface area contributed by atoms with Crippen molar-refractivity contribution < 1.29 is 32.2 Å². The molecule has 0 aliphatic carbocycles. The molecular formula is C41H55F3N2O4. The Bertz CT molecular complexity index is 1430. The number of benzene rings is 2. The van der Waals surface area contributed by atoms with Crippen LogP contribution in [0.3, 0.4) is 0 Å². The third kappa shape index (κ3) is 14.6. The monoisotopic (exact) mass is 696 g/mol. The van der Waals surface area contributed by atoms with E-state index in [1.807, 2.05) is 12.4 Å². The summed E-state index contributed by atoms with van der Waals surface area (Å²) < 4.78 is 51.5. The summed E-state index contributed by atoms with van der Waals surface area (Å²) in [5.74, 6) is -0.945. The van der Waals surface area contributed by atoms with Crippen molar-refractivity contribution in [2.45, 2.75) is 149 Å². The predicted octanol–water partition coefficient (Wildman–Crippen LogP) is 12.0. The summed E-state index contributed by atoms with van der Waals surface area (Å²) in [6.07, 6.45) is 15.1. The molecule has 0 N–H and O–H groups in total. The number of hydrogen-bond acceptors (Lipinski definition) is 6. The number of aromatic nitrogens is 2. The van der Waals surface area contributed by atoms with Gasteiger partial charge in [0.2, 0.25) is 0 Å². The first-order valence-corrected chi connectivity index (χ1v) is 18.6. The second kappa shape index (κ2) is 22.1. The molecule has 2 aromatic carbocycles. The van der Waals surface area contributed by atoms with Crippen molar-refractivity contribution in [3.63, 3.8) is 0 Å². The van der Waals surface area contributed by atoms with Gasteiger partial charge in [0.15, 0.2) is 11.9 Å². The summed E-state index contributed by atoms with van der Waals surface area (Å²) in [6, 6.07) is 10.9. The Morgan fingerprint density at radius 2 is 1.24 bits per heavy atom. The molecule has 0 amide bonds. The average Bonchev–Trinajstić information content (AvgIpc) is 3.10. The number of esters is 2. The van der Waals surface area contributed by atoms with E-state index in [4.69, 9.17) is 9.47 Å². The molecule has 0 unspecified atom stereocenters. The molecule has 6 nitrogen and oxygen atoms in total. The van der Waals surface area contributed by atoms with Crippen LogP contribution < -0.4 is 4.74 Å². The minimum Gasteiger partial charge on any atom is -0.449 e. The lowest BCUT2D eigenvalue weighted by molar-refractivity contribution is -0.206. The van der Waals surface area contributed by atoms with Crippen molar-refractivity contribution in [1.29, 1.82) is 0 Å². The highest BCUT2D eigenvalue weighted by Gasteiger charge is 2.42. The van der Waals surface area contributed by atoms with Gasteiger partial charge in [0.1, 0.15) is 5.75 Å². The molecule has 0 aliphatic heterocycles. The molecule has 0 radical (unpaired) electrons. The summed E-state index contributed by atoms with van der Waals surface area (Å²) >= 11 is 0. The number of rotatable bonds is 23. The summed E-state index contributed by atoms with van der Waals surface area (Å²) in [5.41, 5.74) is 2.50. The molecule has 0 saturated carbocycles. The molecule has 0 aliphatic rings. The smallest absolute Gasteiger partial charge is 0.425 e. The fraction of sp³-hybridized carbons (Fsp3) is 0.561. The van der Waals surface area contributed by atoms with E-state index < -0.39 is 24.2 Å². The Labute approximate surface area is 296 Å². The molecule has 0 saturated heterocycles. The number of nitrogens with zero attached hydrogens (tertiary/aromatic N) is 2. The van der Waals surface area contributed by atoms with Crippen LogP contribution in [0.2, 0.25) is 0 Å². The lowest BCUT2D eigenvalue weighted by Gasteiger charge is -2.21. The van der Waals surface area contributed by atoms with Crippen LogP contribution in [0.4, 0.5) is 13.2 Å². The van der Waals surface area contributed by atoms with Gasteiger partial charge < -0.3 is 9.47 Å². The van der Waals surface area contributed by atoms with E-state index in [2.05, 4.69) is 23.8 Å². The Kier molecular flexibility index (Phi) is 18.0. The van der Waals surface area contributed by atoms with Gasteiger partial charge in [-0.2, -0.15) is 13.2 Å². The van der Waals surface area contributed by atoms with E-state index in [0.29, 0.717) is 29.8 Å². The highest BCUT2D eigenvalue weighted by molar-refractivity contribution is 5.93. The van der Waals surface area contributed by atoms with E-state index in [0.717, 1.165) is 56.1 Å². The zero-order chi connectivity index (χ0) is 36.2. The molecule has 3 aromatic rings. The number of carbonyl (C=O) groups is 2. The van der Waals surface area contributed by atoms with Gasteiger partial charge in [0.05, 0.1) is 11.1 Å². The Balaban J connectivity index is 1.47. The van der Waals surface area contributed by atoms with Crippen LogP contribution in [0.5, 0.6) is 5.75 Å². The molecule has 9 heteroatoms. The summed E-state index contributed by atoms with van der Waals surface area (Å²) in [4.78, 5) is 34.6. The number of alkyl halides is 3. The molecule has 50 heavy (non-hydrogen) atoms. The van der Waals surface area contributed by atoms with Gasteiger partial charge in [-0.05, 0) is 74.1 Å². The Morgan fingerprint density at radius 3 is 1.78 bits per heavy atom. The van der Waals surface area contributed by atoms with Crippen LogP contribution in [0.1, 0.15) is 155 Å². The second-order valence-electron chi connectivity index (χ2n) is 13.3. The molecule has 0 fully saturated rings. The van der Waals surface area contributed by atoms with Crippen LogP contribution in [0, 0.1) is 6.92 Å². The Hall–Kier alpha value is -3.75. The molecule has 0 bridgehead atoms. The van der Waals surface area contributed by atoms with Crippen molar-refractivity contribution in [1.82, 2.24) is 9.97 Å². The van der Waals surface area contributed by atoms with Crippen molar-refractivity contribution in [2.24, 2.45) is 0 Å². The number of hydrogen-bond donors (Lipinski definition) is 0. The molecule has 274 valence electrons. The summed E-state index contributed by atoms with van der Waals surface area (Å²) in [7, 11) is 0. The van der Waals surface area contributed by atoms with Gasteiger partial charge in [-0.1, -0.05) is 116 Å². The van der Waals surface area contributed by atoms with Gasteiger partial charge in [-0.25, -0.2) is 19.6 Å². The van der Waals surface area contributed by atoms with Crippen molar-refractivity contribution in [3.8, 4) is 17.1 Å². The zero-order valence-electron chi connectivity index (χ0n) is 30.2. The minimum absolute atomic E-state index is 0.0110. The fourth-order valence-electron chi connectivity index (χ4n) is 5.89. The van der Waals surface area contributed by atoms with Crippen LogP contribution in [-0.2, 0) is 11.2 Å². The van der Waals surface area contributed by atoms with Crippen molar-refractivity contribution in [2.75, 3.05) is 0 Å². The summed E-state index contributed by atoms with van der Waals surface area (Å²) in [5, 5.41) is 0. The van der Waals surface area contributed by atoms with E-state index in [1.165, 1.54) is 69.6 Å². The van der Waals surface area contributed by atoms with E-state index >= 15 is 0 Å². The topological polar surface area (TPSA) is 78.4 Å². The Morgan fingerprint density at radius 1 is 0.700 bits per heavy atom. The largest absolute Gasteiger partial charge is 0.449 e. The lowest BCUT2D eigenvalue weighted by atomic mass is 10.0. The molecule has 1 heterocycles. The number of halogens is 3. The first-order chi connectivity index (χ1) is 24.1. The molecular weight excluding hydrogens is 641 g/mol. The number of aryl methyl sites for hydroxylation is 2. The molecule has 0 spiro atoms. The van der Waals surface area contributed by atoms with Crippen LogP contribution in [0.25, 0.3) is 11.4 Å². The van der Waals surface area contributed by atoms with Gasteiger partial charge >= 0.3 is 18.1 Å². The van der Waals surface area contributed by atoms with E-state index in [-0.39, 0.29) is 17.7 Å². The quantitative estimate of drug-likeness (QED) is 0.0558. The van der Waals surface area contributed by atoms with E-state index in [9.17, 15) is 22.8 Å². The highest BCUT2D eigenvalue weighted by Crippen LogP contribution is 2.29. The first-order valence-electron chi connectivity index (χ1n) is 18.6. The summed E-state index contributed by atoms with van der Waals surface area (Å²) in [6.45, 7) is 5.93. The minimum atomic E-state index is -4.65. The third-order valence-corrected chi connectivity index (χ3v) is 8.97. The molecule has 1 atom stereocenters. The van der Waals surface area contributed by atoms with Gasteiger partial charge in [-0.15, -0.1) is 0 Å². The zero-order valence-corrected chi connectivity index (χ0v) is 30.2. The maximum Gasteiger partial charge on any atom is 0.425 e. The SMILES string of the molecule is CCCCCCCCCCc1cnc(-c2ccc(C(=O)Oc3ccc(C(=O)O[C@@H](CCCCCCCCCC)C(F)(F)F)c(C)c3)cc2)nc1. The van der Waals surface area contributed by atoms with Gasteiger partial charge in [0.25, 0.3) is 0 Å². The highest BCUT2D eigenvalue weighted by atomic mass is 19.4.